The van der Waals surface area contributed by atoms with Crippen molar-refractivity contribution in [1.29, 1.82) is 0 Å². The molecular formula is C8H14O3. The predicted octanol–water partition coefficient (Wildman–Crippen LogP) is 1.47. The van der Waals surface area contributed by atoms with Crippen molar-refractivity contribution < 1.29 is 14.7 Å². The number of Topliss-reactive ketones (excluding diaryl/α,β-unsaturated/α-hetero) is 1. The molecular weight excluding hydrogens is 144 g/mol. The van der Waals surface area contributed by atoms with Crippen LogP contribution in [0, 0.1) is 5.41 Å². The van der Waals surface area contributed by atoms with E-state index in [1.165, 1.54) is 13.8 Å². The van der Waals surface area contributed by atoms with E-state index in [9.17, 15) is 9.59 Å². The highest BCUT2D eigenvalue weighted by atomic mass is 16.4. The van der Waals surface area contributed by atoms with E-state index in [0.717, 1.165) is 0 Å². The third-order valence-corrected chi connectivity index (χ3v) is 1.71. The van der Waals surface area contributed by atoms with Crippen LogP contribution in [0.4, 0.5) is 0 Å². The van der Waals surface area contributed by atoms with E-state index >= 15 is 0 Å². The maximum atomic E-state index is 11.1. The number of aliphatic carboxylic acids is 1. The smallest absolute Gasteiger partial charge is 0.316 e. The van der Waals surface area contributed by atoms with E-state index in [1.807, 2.05) is 6.92 Å². The van der Waals surface area contributed by atoms with Crippen molar-refractivity contribution >= 4 is 11.8 Å². The van der Waals surface area contributed by atoms with Crippen LogP contribution in [0.15, 0.2) is 0 Å². The Morgan fingerprint density at radius 1 is 1.36 bits per heavy atom. The summed E-state index contributed by atoms with van der Waals surface area (Å²) in [5.74, 6) is -1.25. The first kappa shape index (κ1) is 10.1. The molecule has 0 atom stereocenters. The molecule has 0 amide bonds. The quantitative estimate of drug-likeness (QED) is 0.630. The first-order valence-electron chi connectivity index (χ1n) is 3.69. The summed E-state index contributed by atoms with van der Waals surface area (Å²) in [5, 5.41) is 8.62. The van der Waals surface area contributed by atoms with Gasteiger partial charge in [-0.25, -0.2) is 0 Å². The molecule has 0 heterocycles. The predicted molar refractivity (Wildman–Crippen MR) is 41.3 cm³/mol. The minimum absolute atomic E-state index is 0.201. The van der Waals surface area contributed by atoms with Crippen LogP contribution in [0.3, 0.4) is 0 Å². The Labute approximate surface area is 66.4 Å². The monoisotopic (exact) mass is 158 g/mol. The van der Waals surface area contributed by atoms with Crippen LogP contribution < -0.4 is 0 Å². The average molecular weight is 158 g/mol. The summed E-state index contributed by atoms with van der Waals surface area (Å²) in [5.41, 5.74) is -1.21. The minimum atomic E-state index is -1.21. The molecule has 0 aromatic carbocycles. The molecule has 0 aliphatic carbocycles. The van der Waals surface area contributed by atoms with Crippen LogP contribution in [-0.2, 0) is 9.59 Å². The van der Waals surface area contributed by atoms with Gasteiger partial charge in [-0.3, -0.25) is 9.59 Å². The normalized spacial score (nSPS) is 11.2. The molecule has 3 heteroatoms. The molecule has 0 rings (SSSR count). The van der Waals surface area contributed by atoms with Gasteiger partial charge in [0.25, 0.3) is 0 Å². The maximum absolute atomic E-state index is 11.1. The number of hydrogen-bond donors (Lipinski definition) is 1. The van der Waals surface area contributed by atoms with Gasteiger partial charge in [-0.2, -0.15) is 0 Å². The number of carboxylic acids is 1. The standard InChI is InChI=1S/C8H14O3/c1-4-5-6(9)8(2,3)7(10)11/h4-5H2,1-3H3,(H,10,11). The molecule has 0 aliphatic heterocycles. The molecule has 0 saturated carbocycles. The fourth-order valence-electron chi connectivity index (χ4n) is 0.659. The van der Waals surface area contributed by atoms with Crippen molar-refractivity contribution in [2.24, 2.45) is 5.41 Å². The van der Waals surface area contributed by atoms with Gasteiger partial charge in [-0.1, -0.05) is 6.92 Å². The van der Waals surface area contributed by atoms with Gasteiger partial charge in [0.1, 0.15) is 11.2 Å². The van der Waals surface area contributed by atoms with Gasteiger partial charge in [0.15, 0.2) is 0 Å². The Morgan fingerprint density at radius 3 is 2.09 bits per heavy atom. The van der Waals surface area contributed by atoms with Crippen LogP contribution in [0.25, 0.3) is 0 Å². The highest BCUT2D eigenvalue weighted by Gasteiger charge is 2.34. The Morgan fingerprint density at radius 2 is 1.82 bits per heavy atom. The van der Waals surface area contributed by atoms with Gasteiger partial charge in [-0.15, -0.1) is 0 Å². The van der Waals surface area contributed by atoms with Crippen LogP contribution in [0.2, 0.25) is 0 Å². The Bertz CT molecular complexity index is 170. The van der Waals surface area contributed by atoms with Gasteiger partial charge in [-0.05, 0) is 20.3 Å². The molecule has 0 saturated heterocycles. The van der Waals surface area contributed by atoms with Crippen molar-refractivity contribution in [3.63, 3.8) is 0 Å². The van der Waals surface area contributed by atoms with Crippen molar-refractivity contribution in [3.05, 3.63) is 0 Å². The Balaban J connectivity index is 4.30. The molecule has 0 unspecified atom stereocenters. The molecule has 0 bridgehead atoms. The lowest BCUT2D eigenvalue weighted by atomic mass is 9.86. The topological polar surface area (TPSA) is 54.4 Å². The largest absolute Gasteiger partial charge is 0.481 e. The van der Waals surface area contributed by atoms with E-state index in [2.05, 4.69) is 0 Å². The van der Waals surface area contributed by atoms with Crippen LogP contribution in [0.1, 0.15) is 33.6 Å². The summed E-state index contributed by atoms with van der Waals surface area (Å²) >= 11 is 0. The highest BCUT2D eigenvalue weighted by molar-refractivity contribution is 6.02. The van der Waals surface area contributed by atoms with Crippen molar-refractivity contribution in [3.8, 4) is 0 Å². The second-order valence-corrected chi connectivity index (χ2v) is 3.10. The van der Waals surface area contributed by atoms with Gasteiger partial charge < -0.3 is 5.11 Å². The number of carbonyl (C=O) groups excluding carboxylic acids is 1. The summed E-state index contributed by atoms with van der Waals surface area (Å²) in [6.07, 6.45) is 1.05. The number of rotatable bonds is 4. The molecule has 11 heavy (non-hydrogen) atoms. The molecule has 3 nitrogen and oxygen atoms in total. The van der Waals surface area contributed by atoms with E-state index in [-0.39, 0.29) is 5.78 Å². The molecule has 0 spiro atoms. The second-order valence-electron chi connectivity index (χ2n) is 3.10. The average Bonchev–Trinajstić information content (AvgIpc) is 1.88. The maximum Gasteiger partial charge on any atom is 0.316 e. The first-order valence-corrected chi connectivity index (χ1v) is 3.69. The second kappa shape index (κ2) is 3.51. The summed E-state index contributed by atoms with van der Waals surface area (Å²) in [6, 6.07) is 0. The van der Waals surface area contributed by atoms with Gasteiger partial charge in [0, 0.05) is 6.42 Å². The molecule has 1 N–H and O–H groups in total. The van der Waals surface area contributed by atoms with Crippen LogP contribution >= 0.6 is 0 Å². The highest BCUT2D eigenvalue weighted by Crippen LogP contribution is 2.19. The summed E-state index contributed by atoms with van der Waals surface area (Å²) in [7, 11) is 0. The number of ketones is 1. The third-order valence-electron chi connectivity index (χ3n) is 1.71. The summed E-state index contributed by atoms with van der Waals surface area (Å²) < 4.78 is 0. The van der Waals surface area contributed by atoms with Crippen molar-refractivity contribution in [2.45, 2.75) is 33.6 Å². The molecule has 0 aromatic rings. The fourth-order valence-corrected chi connectivity index (χ4v) is 0.659. The number of hydrogen-bond acceptors (Lipinski definition) is 2. The summed E-state index contributed by atoms with van der Waals surface area (Å²) in [4.78, 5) is 21.6. The zero-order valence-electron chi connectivity index (χ0n) is 7.18. The molecule has 0 aromatic heterocycles. The third kappa shape index (κ3) is 2.33. The van der Waals surface area contributed by atoms with Crippen LogP contribution in [-0.4, -0.2) is 16.9 Å². The van der Waals surface area contributed by atoms with E-state index in [0.29, 0.717) is 12.8 Å². The zero-order valence-corrected chi connectivity index (χ0v) is 7.18. The SMILES string of the molecule is CCCC(=O)C(C)(C)C(=O)O. The lowest BCUT2D eigenvalue weighted by Gasteiger charge is -2.16. The van der Waals surface area contributed by atoms with E-state index in [4.69, 9.17) is 5.11 Å². The Hall–Kier alpha value is -0.860. The van der Waals surface area contributed by atoms with Gasteiger partial charge in [0.05, 0.1) is 0 Å². The molecule has 0 radical (unpaired) electrons. The lowest BCUT2D eigenvalue weighted by Crippen LogP contribution is -2.32. The zero-order chi connectivity index (χ0) is 9.07. The molecule has 0 fully saturated rings. The molecule has 0 aliphatic rings. The lowest BCUT2D eigenvalue weighted by molar-refractivity contribution is -0.152. The van der Waals surface area contributed by atoms with Gasteiger partial charge in [0.2, 0.25) is 0 Å². The van der Waals surface area contributed by atoms with Crippen LogP contribution in [0.5, 0.6) is 0 Å². The van der Waals surface area contributed by atoms with Crippen molar-refractivity contribution in [2.75, 3.05) is 0 Å². The minimum Gasteiger partial charge on any atom is -0.481 e. The molecule has 64 valence electrons. The Kier molecular flexibility index (Phi) is 3.23. The van der Waals surface area contributed by atoms with Crippen molar-refractivity contribution in [1.82, 2.24) is 0 Å². The van der Waals surface area contributed by atoms with E-state index < -0.39 is 11.4 Å². The van der Waals surface area contributed by atoms with Gasteiger partial charge >= 0.3 is 5.97 Å². The number of carboxylic acid groups (broad SMARTS) is 1. The fraction of sp³-hybridized carbons (Fsp3) is 0.750. The first-order chi connectivity index (χ1) is 4.92. The summed E-state index contributed by atoms with van der Waals surface area (Å²) in [6.45, 7) is 4.73. The van der Waals surface area contributed by atoms with E-state index in [1.54, 1.807) is 0 Å². The number of carbonyl (C=O) groups is 2.